The average Bonchev–Trinajstić information content (AvgIpc) is 2.98. The first-order valence-electron chi connectivity index (χ1n) is 6.14. The largest absolute Gasteiger partial charge is 0.465 e. The maximum Gasteiger partial charge on any atom is 0.269 e. The third-order valence-electron chi connectivity index (χ3n) is 2.68. The Morgan fingerprint density at radius 3 is 2.71 bits per heavy atom. The van der Waals surface area contributed by atoms with Crippen LogP contribution >= 0.6 is 15.9 Å². The van der Waals surface area contributed by atoms with Crippen LogP contribution in [0.3, 0.4) is 0 Å². The number of rotatable bonds is 3. The number of hydrogen-bond acceptors (Lipinski definition) is 3. The zero-order valence-corrected chi connectivity index (χ0v) is 12.8. The van der Waals surface area contributed by atoms with Gasteiger partial charge in [-0.1, -0.05) is 22.0 Å². The second kappa shape index (κ2) is 6.90. The highest BCUT2D eigenvalue weighted by Gasteiger charge is 2.07. The van der Waals surface area contributed by atoms with E-state index in [2.05, 4.69) is 26.8 Å². The lowest BCUT2D eigenvalue weighted by molar-refractivity contribution is -0.117. The van der Waals surface area contributed by atoms with Crippen LogP contribution in [-0.2, 0) is 4.79 Å². The van der Waals surface area contributed by atoms with Crippen LogP contribution in [0.4, 0.5) is 0 Å². The summed E-state index contributed by atoms with van der Waals surface area (Å²) >= 11 is 3.35. The van der Waals surface area contributed by atoms with Crippen molar-refractivity contribution < 1.29 is 14.0 Å². The molecule has 0 spiro atoms. The Kier molecular flexibility index (Phi) is 4.94. The number of hydrazine groups is 1. The van der Waals surface area contributed by atoms with Gasteiger partial charge in [-0.2, -0.15) is 0 Å². The molecule has 0 fully saturated rings. The number of hydrogen-bond donors (Lipinski definition) is 2. The molecule has 2 rings (SSSR count). The van der Waals surface area contributed by atoms with Crippen molar-refractivity contribution in [2.45, 2.75) is 6.92 Å². The average molecular weight is 349 g/mol. The molecule has 108 valence electrons. The maximum absolute atomic E-state index is 11.9. The second-order valence-electron chi connectivity index (χ2n) is 4.26. The maximum atomic E-state index is 11.9. The molecular formula is C15H13BrN2O3. The molecule has 6 heteroatoms. The Balaban J connectivity index is 1.88. The van der Waals surface area contributed by atoms with Gasteiger partial charge in [-0.3, -0.25) is 20.4 Å². The summed E-state index contributed by atoms with van der Waals surface area (Å²) in [5, 5.41) is 0. The van der Waals surface area contributed by atoms with Gasteiger partial charge in [0.05, 0.1) is 6.26 Å². The number of benzene rings is 1. The van der Waals surface area contributed by atoms with Gasteiger partial charge in [0.25, 0.3) is 11.8 Å². The van der Waals surface area contributed by atoms with Crippen molar-refractivity contribution >= 4 is 33.8 Å². The topological polar surface area (TPSA) is 71.3 Å². The van der Waals surface area contributed by atoms with E-state index in [0.717, 1.165) is 10.0 Å². The summed E-state index contributed by atoms with van der Waals surface area (Å²) in [7, 11) is 0. The van der Waals surface area contributed by atoms with E-state index >= 15 is 0 Å². The summed E-state index contributed by atoms with van der Waals surface area (Å²) < 4.78 is 5.88. The Morgan fingerprint density at radius 1 is 1.24 bits per heavy atom. The predicted octanol–water partition coefficient (Wildman–Crippen LogP) is 2.82. The minimum Gasteiger partial charge on any atom is -0.465 e. The van der Waals surface area contributed by atoms with Gasteiger partial charge in [-0.25, -0.2) is 0 Å². The van der Waals surface area contributed by atoms with E-state index in [1.54, 1.807) is 24.3 Å². The van der Waals surface area contributed by atoms with Crippen LogP contribution < -0.4 is 10.9 Å². The molecule has 0 unspecified atom stereocenters. The highest BCUT2D eigenvalue weighted by Crippen LogP contribution is 2.17. The molecular weight excluding hydrogens is 336 g/mol. The van der Waals surface area contributed by atoms with Gasteiger partial charge in [-0.05, 0) is 42.8 Å². The Hall–Kier alpha value is -2.34. The summed E-state index contributed by atoms with van der Waals surface area (Å²) in [5.41, 5.74) is 6.10. The molecule has 2 amide bonds. The number of amides is 2. The molecule has 21 heavy (non-hydrogen) atoms. The smallest absolute Gasteiger partial charge is 0.269 e. The molecule has 0 radical (unpaired) electrons. The van der Waals surface area contributed by atoms with Crippen LogP contribution in [0, 0.1) is 6.92 Å². The molecule has 1 aromatic heterocycles. The van der Waals surface area contributed by atoms with Gasteiger partial charge in [0.15, 0.2) is 0 Å². The van der Waals surface area contributed by atoms with Crippen LogP contribution in [-0.4, -0.2) is 11.8 Å². The van der Waals surface area contributed by atoms with Gasteiger partial charge in [-0.15, -0.1) is 0 Å². The number of aryl methyl sites for hydroxylation is 1. The van der Waals surface area contributed by atoms with E-state index < -0.39 is 11.8 Å². The van der Waals surface area contributed by atoms with Crippen LogP contribution in [0.15, 0.2) is 51.6 Å². The summed E-state index contributed by atoms with van der Waals surface area (Å²) in [6, 6.07) is 8.62. The number of nitrogens with one attached hydrogen (secondary N) is 2. The number of halogens is 1. The van der Waals surface area contributed by atoms with E-state index in [1.165, 1.54) is 18.4 Å². The van der Waals surface area contributed by atoms with Crippen molar-refractivity contribution in [1.29, 1.82) is 0 Å². The van der Waals surface area contributed by atoms with Crippen molar-refractivity contribution in [3.05, 3.63) is 64.0 Å². The molecule has 0 aliphatic heterocycles. The Labute approximate surface area is 130 Å². The van der Waals surface area contributed by atoms with Crippen molar-refractivity contribution in [1.82, 2.24) is 10.9 Å². The third-order valence-corrected chi connectivity index (χ3v) is 3.53. The van der Waals surface area contributed by atoms with Gasteiger partial charge in [0.1, 0.15) is 5.76 Å². The van der Waals surface area contributed by atoms with E-state index in [0.29, 0.717) is 11.3 Å². The quantitative estimate of drug-likeness (QED) is 0.661. The van der Waals surface area contributed by atoms with Crippen LogP contribution in [0.1, 0.15) is 21.7 Å². The van der Waals surface area contributed by atoms with Crippen molar-refractivity contribution in [3.63, 3.8) is 0 Å². The second-order valence-corrected chi connectivity index (χ2v) is 5.11. The zero-order valence-electron chi connectivity index (χ0n) is 11.2. The summed E-state index contributed by atoms with van der Waals surface area (Å²) in [6.07, 6.45) is 4.28. The first kappa shape index (κ1) is 15.1. The molecule has 0 bridgehead atoms. The third kappa shape index (κ3) is 4.32. The number of furan rings is 1. The standard InChI is InChI=1S/C15H13BrN2O3/c1-10-4-5-11(9-13(10)16)15(20)18-17-14(19)7-6-12-3-2-8-21-12/h2-9H,1H3,(H,17,19)(H,18,20). The first-order valence-corrected chi connectivity index (χ1v) is 6.93. The minimum atomic E-state index is -0.453. The fourth-order valence-corrected chi connectivity index (χ4v) is 1.89. The summed E-state index contributed by atoms with van der Waals surface area (Å²) in [5.74, 6) is -0.291. The molecule has 0 aliphatic rings. The first-order chi connectivity index (χ1) is 10.1. The van der Waals surface area contributed by atoms with E-state index in [4.69, 9.17) is 4.42 Å². The molecule has 5 nitrogen and oxygen atoms in total. The zero-order chi connectivity index (χ0) is 15.2. The molecule has 1 heterocycles. The van der Waals surface area contributed by atoms with Crippen LogP contribution in [0.2, 0.25) is 0 Å². The molecule has 0 saturated heterocycles. The molecule has 2 aromatic rings. The van der Waals surface area contributed by atoms with Gasteiger partial charge in [0.2, 0.25) is 0 Å². The number of carbonyl (C=O) groups is 2. The fourth-order valence-electron chi connectivity index (χ4n) is 1.51. The van der Waals surface area contributed by atoms with E-state index in [9.17, 15) is 9.59 Å². The summed E-state index contributed by atoms with van der Waals surface area (Å²) in [4.78, 5) is 23.4. The van der Waals surface area contributed by atoms with E-state index in [1.807, 2.05) is 13.0 Å². The lowest BCUT2D eigenvalue weighted by Crippen LogP contribution is -2.40. The van der Waals surface area contributed by atoms with Crippen molar-refractivity contribution in [2.75, 3.05) is 0 Å². The minimum absolute atomic E-state index is 0.393. The molecule has 1 aromatic carbocycles. The monoisotopic (exact) mass is 348 g/mol. The molecule has 0 atom stereocenters. The van der Waals surface area contributed by atoms with Crippen molar-refractivity contribution in [3.8, 4) is 0 Å². The predicted molar refractivity (Wildman–Crippen MR) is 82.2 cm³/mol. The highest BCUT2D eigenvalue weighted by molar-refractivity contribution is 9.10. The molecule has 0 aliphatic carbocycles. The number of carbonyl (C=O) groups excluding carboxylic acids is 2. The highest BCUT2D eigenvalue weighted by atomic mass is 79.9. The Morgan fingerprint density at radius 2 is 2.05 bits per heavy atom. The van der Waals surface area contributed by atoms with Crippen LogP contribution in [0.25, 0.3) is 6.08 Å². The SMILES string of the molecule is Cc1ccc(C(=O)NNC(=O)C=Cc2ccco2)cc1Br. The van der Waals surface area contributed by atoms with Crippen LogP contribution in [0.5, 0.6) is 0 Å². The lowest BCUT2D eigenvalue weighted by Gasteiger charge is -2.06. The van der Waals surface area contributed by atoms with E-state index in [-0.39, 0.29) is 0 Å². The molecule has 0 saturated carbocycles. The summed E-state index contributed by atoms with van der Waals surface area (Å²) in [6.45, 7) is 1.92. The van der Waals surface area contributed by atoms with Crippen molar-refractivity contribution in [2.24, 2.45) is 0 Å². The normalized spacial score (nSPS) is 10.6. The van der Waals surface area contributed by atoms with Gasteiger partial charge >= 0.3 is 0 Å². The Bertz CT molecular complexity index is 678. The lowest BCUT2D eigenvalue weighted by atomic mass is 10.1. The molecule has 2 N–H and O–H groups in total. The van der Waals surface area contributed by atoms with Gasteiger partial charge in [0, 0.05) is 16.1 Å². The van der Waals surface area contributed by atoms with Gasteiger partial charge < -0.3 is 4.42 Å². The fraction of sp³-hybridized carbons (Fsp3) is 0.0667.